The van der Waals surface area contributed by atoms with Crippen LogP contribution >= 0.6 is 0 Å². The van der Waals surface area contributed by atoms with Crippen molar-refractivity contribution in [1.82, 2.24) is 0 Å². The van der Waals surface area contributed by atoms with Crippen molar-refractivity contribution in [3.8, 4) is 0 Å². The topological polar surface area (TPSA) is 20.2 Å². The molecule has 0 heterocycles. The first kappa shape index (κ1) is 13.5. The third kappa shape index (κ3) is 4.98. The number of rotatable bonds is 0. The van der Waals surface area contributed by atoms with Crippen molar-refractivity contribution in [3.63, 3.8) is 0 Å². The van der Waals surface area contributed by atoms with Crippen LogP contribution in [0.15, 0.2) is 23.8 Å². The highest BCUT2D eigenvalue weighted by molar-refractivity contribution is 5.06. The van der Waals surface area contributed by atoms with Gasteiger partial charge in [-0.1, -0.05) is 37.6 Å². The average Bonchev–Trinajstić information content (AvgIpc) is 2.14. The van der Waals surface area contributed by atoms with Crippen LogP contribution in [0.4, 0.5) is 0 Å². The molecule has 0 aromatic heterocycles. The summed E-state index contributed by atoms with van der Waals surface area (Å²) in [4.78, 5) is 0. The standard InChI is InChI=1S/C15H26O/c1-13-7-5-10-15(4,16)11-6-9-14(2,3)12-8-13/h6,8-9,16H,5,7,10-12H2,1-4H3/b9-6+,13-8-. The van der Waals surface area contributed by atoms with Gasteiger partial charge in [0.05, 0.1) is 5.60 Å². The molecule has 0 saturated heterocycles. The molecule has 0 aromatic carbocycles. The van der Waals surface area contributed by atoms with Crippen molar-refractivity contribution in [2.45, 2.75) is 65.4 Å². The van der Waals surface area contributed by atoms with Crippen LogP contribution in [-0.4, -0.2) is 10.7 Å². The second kappa shape index (κ2) is 5.18. The summed E-state index contributed by atoms with van der Waals surface area (Å²) in [6.45, 7) is 8.65. The Morgan fingerprint density at radius 1 is 1.19 bits per heavy atom. The molecule has 1 nitrogen and oxygen atoms in total. The Morgan fingerprint density at radius 2 is 1.88 bits per heavy atom. The largest absolute Gasteiger partial charge is 0.390 e. The fourth-order valence-corrected chi connectivity index (χ4v) is 2.09. The maximum Gasteiger partial charge on any atom is 0.0654 e. The summed E-state index contributed by atoms with van der Waals surface area (Å²) in [5.41, 5.74) is 1.14. The minimum atomic E-state index is -0.531. The van der Waals surface area contributed by atoms with E-state index < -0.39 is 5.60 Å². The van der Waals surface area contributed by atoms with Gasteiger partial charge in [0.2, 0.25) is 0 Å². The van der Waals surface area contributed by atoms with Gasteiger partial charge in [0, 0.05) is 0 Å². The van der Waals surface area contributed by atoms with E-state index in [9.17, 15) is 5.11 Å². The van der Waals surface area contributed by atoms with E-state index in [1.807, 2.05) is 6.92 Å². The normalized spacial score (nSPS) is 36.9. The highest BCUT2D eigenvalue weighted by atomic mass is 16.3. The smallest absolute Gasteiger partial charge is 0.0654 e. The Hall–Kier alpha value is -0.560. The average molecular weight is 222 g/mol. The van der Waals surface area contributed by atoms with E-state index in [1.165, 1.54) is 5.57 Å². The second-order valence-electron chi connectivity index (χ2n) is 6.20. The summed E-state index contributed by atoms with van der Waals surface area (Å²) in [7, 11) is 0. The SMILES string of the molecule is C/C1=C/CC(C)(C)/C=C/CC(C)(O)CCC1. The van der Waals surface area contributed by atoms with Gasteiger partial charge in [0.15, 0.2) is 0 Å². The van der Waals surface area contributed by atoms with Gasteiger partial charge in [-0.2, -0.15) is 0 Å². The predicted octanol–water partition coefficient (Wildman–Crippen LogP) is 4.23. The van der Waals surface area contributed by atoms with Gasteiger partial charge in [-0.3, -0.25) is 0 Å². The van der Waals surface area contributed by atoms with Crippen LogP contribution in [0.5, 0.6) is 0 Å². The molecule has 0 radical (unpaired) electrons. The van der Waals surface area contributed by atoms with Crippen molar-refractivity contribution in [2.24, 2.45) is 5.41 Å². The Bertz CT molecular complexity index is 282. The first-order chi connectivity index (χ1) is 7.31. The maximum absolute atomic E-state index is 10.2. The number of allylic oxidation sites excluding steroid dienone is 3. The highest BCUT2D eigenvalue weighted by Gasteiger charge is 2.20. The third-order valence-electron chi connectivity index (χ3n) is 3.39. The predicted molar refractivity (Wildman–Crippen MR) is 70.4 cm³/mol. The Balaban J connectivity index is 2.78. The zero-order chi connectivity index (χ0) is 12.2. The Morgan fingerprint density at radius 3 is 2.56 bits per heavy atom. The molecule has 1 aliphatic carbocycles. The van der Waals surface area contributed by atoms with Crippen molar-refractivity contribution < 1.29 is 5.11 Å². The zero-order valence-electron chi connectivity index (χ0n) is 11.2. The molecule has 0 bridgehead atoms. The van der Waals surface area contributed by atoms with E-state index in [0.29, 0.717) is 0 Å². The number of hydrogen-bond acceptors (Lipinski definition) is 1. The Labute approximate surface area is 100 Å². The van der Waals surface area contributed by atoms with E-state index in [0.717, 1.165) is 32.1 Å². The molecule has 1 aliphatic rings. The van der Waals surface area contributed by atoms with Crippen LogP contribution in [0.25, 0.3) is 0 Å². The van der Waals surface area contributed by atoms with E-state index in [4.69, 9.17) is 0 Å². The molecule has 92 valence electrons. The molecule has 1 unspecified atom stereocenters. The van der Waals surface area contributed by atoms with Gasteiger partial charge in [0.1, 0.15) is 0 Å². The number of aliphatic hydroxyl groups is 1. The van der Waals surface area contributed by atoms with Crippen molar-refractivity contribution in [2.75, 3.05) is 0 Å². The molecule has 1 atom stereocenters. The molecular weight excluding hydrogens is 196 g/mol. The lowest BCUT2D eigenvalue weighted by atomic mass is 9.87. The van der Waals surface area contributed by atoms with E-state index >= 15 is 0 Å². The van der Waals surface area contributed by atoms with Crippen molar-refractivity contribution >= 4 is 0 Å². The summed E-state index contributed by atoms with van der Waals surface area (Å²) in [6, 6.07) is 0. The first-order valence-corrected chi connectivity index (χ1v) is 6.37. The van der Waals surface area contributed by atoms with Crippen LogP contribution in [-0.2, 0) is 0 Å². The molecule has 0 fully saturated rings. The van der Waals surface area contributed by atoms with Crippen molar-refractivity contribution in [1.29, 1.82) is 0 Å². The van der Waals surface area contributed by atoms with Crippen LogP contribution in [0.1, 0.15) is 59.8 Å². The molecule has 1 heteroatoms. The first-order valence-electron chi connectivity index (χ1n) is 6.37. The second-order valence-corrected chi connectivity index (χ2v) is 6.20. The van der Waals surface area contributed by atoms with E-state index in [1.54, 1.807) is 0 Å². The summed E-state index contributed by atoms with van der Waals surface area (Å²) < 4.78 is 0. The van der Waals surface area contributed by atoms with Gasteiger partial charge in [-0.15, -0.1) is 0 Å². The van der Waals surface area contributed by atoms with Gasteiger partial charge in [-0.05, 0) is 51.4 Å². The summed E-state index contributed by atoms with van der Waals surface area (Å²) >= 11 is 0. The molecule has 1 N–H and O–H groups in total. The fraction of sp³-hybridized carbons (Fsp3) is 0.733. The molecule has 0 aromatic rings. The van der Waals surface area contributed by atoms with Gasteiger partial charge in [-0.25, -0.2) is 0 Å². The van der Waals surface area contributed by atoms with E-state index in [-0.39, 0.29) is 5.41 Å². The molecule has 0 saturated carbocycles. The van der Waals surface area contributed by atoms with Gasteiger partial charge >= 0.3 is 0 Å². The molecule has 0 aliphatic heterocycles. The van der Waals surface area contributed by atoms with Crippen LogP contribution < -0.4 is 0 Å². The van der Waals surface area contributed by atoms with Gasteiger partial charge < -0.3 is 5.11 Å². The molecule has 0 amide bonds. The fourth-order valence-electron chi connectivity index (χ4n) is 2.09. The monoisotopic (exact) mass is 222 g/mol. The molecule has 16 heavy (non-hydrogen) atoms. The molecule has 0 spiro atoms. The van der Waals surface area contributed by atoms with Crippen molar-refractivity contribution in [3.05, 3.63) is 23.8 Å². The third-order valence-corrected chi connectivity index (χ3v) is 3.39. The molecule has 1 rings (SSSR count). The highest BCUT2D eigenvalue weighted by Crippen LogP contribution is 2.28. The quantitative estimate of drug-likeness (QED) is 0.608. The Kier molecular flexibility index (Phi) is 4.37. The lowest BCUT2D eigenvalue weighted by molar-refractivity contribution is 0.0519. The summed E-state index contributed by atoms with van der Waals surface area (Å²) in [6.07, 6.45) is 11.7. The van der Waals surface area contributed by atoms with Crippen LogP contribution in [0.3, 0.4) is 0 Å². The minimum Gasteiger partial charge on any atom is -0.390 e. The summed E-state index contributed by atoms with van der Waals surface area (Å²) in [5.74, 6) is 0. The van der Waals surface area contributed by atoms with Crippen LogP contribution in [0, 0.1) is 5.41 Å². The van der Waals surface area contributed by atoms with Gasteiger partial charge in [0.25, 0.3) is 0 Å². The molecular formula is C15H26O. The van der Waals surface area contributed by atoms with E-state index in [2.05, 4.69) is 39.0 Å². The zero-order valence-corrected chi connectivity index (χ0v) is 11.2. The van der Waals surface area contributed by atoms with Crippen LogP contribution in [0.2, 0.25) is 0 Å². The minimum absolute atomic E-state index is 0.210. The summed E-state index contributed by atoms with van der Waals surface area (Å²) in [5, 5.41) is 10.2. The number of hydrogen-bond donors (Lipinski definition) is 1. The maximum atomic E-state index is 10.2. The lowest BCUT2D eigenvalue weighted by Crippen LogP contribution is -2.22. The lowest BCUT2D eigenvalue weighted by Gasteiger charge is -2.22.